The van der Waals surface area contributed by atoms with E-state index in [1.165, 1.54) is 0 Å². The molecule has 1 aromatic rings. The maximum atomic E-state index is 8.86. The zero-order valence-corrected chi connectivity index (χ0v) is 9.34. The van der Waals surface area contributed by atoms with Crippen molar-refractivity contribution in [3.8, 4) is 0 Å². The molecule has 88 valence electrons. The van der Waals surface area contributed by atoms with Crippen LogP contribution >= 0.6 is 0 Å². The van der Waals surface area contributed by atoms with Gasteiger partial charge in [-0.25, -0.2) is 4.98 Å². The van der Waals surface area contributed by atoms with Crippen molar-refractivity contribution in [1.82, 2.24) is 9.88 Å². The quantitative estimate of drug-likeness (QED) is 0.740. The Morgan fingerprint density at radius 2 is 2.06 bits per heavy atom. The van der Waals surface area contributed by atoms with Crippen LogP contribution in [0.3, 0.4) is 0 Å². The van der Waals surface area contributed by atoms with Crippen molar-refractivity contribution >= 4 is 11.5 Å². The first-order valence-corrected chi connectivity index (χ1v) is 5.60. The molecule has 0 atom stereocenters. The van der Waals surface area contributed by atoms with E-state index in [-0.39, 0.29) is 6.61 Å². The summed E-state index contributed by atoms with van der Waals surface area (Å²) in [4.78, 5) is 8.59. The average Bonchev–Trinajstić information content (AvgIpc) is 2.31. The van der Waals surface area contributed by atoms with Crippen molar-refractivity contribution in [1.29, 1.82) is 0 Å². The van der Waals surface area contributed by atoms with Gasteiger partial charge in [-0.05, 0) is 12.1 Å². The molecular formula is C11H18N4O. The molecule has 16 heavy (non-hydrogen) atoms. The van der Waals surface area contributed by atoms with E-state index in [4.69, 9.17) is 10.8 Å². The van der Waals surface area contributed by atoms with E-state index in [2.05, 4.69) is 14.8 Å². The van der Waals surface area contributed by atoms with Crippen LogP contribution in [0.5, 0.6) is 0 Å². The molecular weight excluding hydrogens is 204 g/mol. The standard InChI is InChI=1S/C11H18N4O/c12-11-10(2-1-3-13-11)15-6-4-14(5-7-15)8-9-16/h1-3,16H,4-9H2,(H2,12,13). The topological polar surface area (TPSA) is 65.6 Å². The number of nitrogens with two attached hydrogens (primary N) is 1. The number of piperazine rings is 1. The van der Waals surface area contributed by atoms with Gasteiger partial charge in [0.2, 0.25) is 0 Å². The molecule has 0 unspecified atom stereocenters. The van der Waals surface area contributed by atoms with Gasteiger partial charge in [0.15, 0.2) is 0 Å². The summed E-state index contributed by atoms with van der Waals surface area (Å²) in [6, 6.07) is 3.91. The number of β-amino-alcohol motifs (C(OH)–C–C–N with tert-alkyl or cyclic N) is 1. The van der Waals surface area contributed by atoms with Crippen molar-refractivity contribution in [2.75, 3.05) is 50.0 Å². The van der Waals surface area contributed by atoms with Gasteiger partial charge in [0.05, 0.1) is 12.3 Å². The highest BCUT2D eigenvalue weighted by molar-refractivity contribution is 5.63. The number of aliphatic hydroxyl groups is 1. The summed E-state index contributed by atoms with van der Waals surface area (Å²) in [5.41, 5.74) is 6.86. The lowest BCUT2D eigenvalue weighted by atomic mass is 10.2. The summed E-state index contributed by atoms with van der Waals surface area (Å²) in [6.45, 7) is 4.81. The lowest BCUT2D eigenvalue weighted by molar-refractivity contribution is 0.189. The van der Waals surface area contributed by atoms with E-state index >= 15 is 0 Å². The lowest BCUT2D eigenvalue weighted by Gasteiger charge is -2.35. The van der Waals surface area contributed by atoms with Crippen molar-refractivity contribution in [3.05, 3.63) is 18.3 Å². The minimum atomic E-state index is 0.231. The smallest absolute Gasteiger partial charge is 0.146 e. The minimum Gasteiger partial charge on any atom is -0.395 e. The molecule has 1 saturated heterocycles. The van der Waals surface area contributed by atoms with Crippen molar-refractivity contribution in [2.45, 2.75) is 0 Å². The third kappa shape index (κ3) is 2.43. The number of nitrogen functional groups attached to an aromatic ring is 1. The molecule has 0 aliphatic carbocycles. The minimum absolute atomic E-state index is 0.231. The van der Waals surface area contributed by atoms with E-state index in [1.54, 1.807) is 6.20 Å². The number of rotatable bonds is 3. The van der Waals surface area contributed by atoms with E-state index in [1.807, 2.05) is 12.1 Å². The Balaban J connectivity index is 1.96. The number of aliphatic hydroxyl groups excluding tert-OH is 1. The normalized spacial score (nSPS) is 17.7. The fraction of sp³-hybridized carbons (Fsp3) is 0.545. The molecule has 0 bridgehead atoms. The van der Waals surface area contributed by atoms with Gasteiger partial charge in [-0.1, -0.05) is 0 Å². The van der Waals surface area contributed by atoms with Crippen molar-refractivity contribution in [3.63, 3.8) is 0 Å². The third-order valence-corrected chi connectivity index (χ3v) is 2.95. The van der Waals surface area contributed by atoms with E-state index in [0.29, 0.717) is 5.82 Å². The fourth-order valence-corrected chi connectivity index (χ4v) is 2.03. The maximum Gasteiger partial charge on any atom is 0.146 e. The Hall–Kier alpha value is -1.33. The van der Waals surface area contributed by atoms with Crippen LogP contribution in [-0.2, 0) is 0 Å². The molecule has 3 N–H and O–H groups in total. The van der Waals surface area contributed by atoms with Crippen LogP contribution in [0.25, 0.3) is 0 Å². The Morgan fingerprint density at radius 3 is 2.69 bits per heavy atom. The number of anilines is 2. The van der Waals surface area contributed by atoms with Gasteiger partial charge in [0.1, 0.15) is 5.82 Å². The second-order valence-electron chi connectivity index (χ2n) is 3.96. The first kappa shape index (κ1) is 11.2. The average molecular weight is 222 g/mol. The van der Waals surface area contributed by atoms with Crippen molar-refractivity contribution < 1.29 is 5.11 Å². The zero-order chi connectivity index (χ0) is 11.4. The summed E-state index contributed by atoms with van der Waals surface area (Å²) in [7, 11) is 0. The molecule has 0 radical (unpaired) electrons. The van der Waals surface area contributed by atoms with Gasteiger partial charge in [-0.3, -0.25) is 4.90 Å². The van der Waals surface area contributed by atoms with E-state index < -0.39 is 0 Å². The molecule has 0 amide bonds. The van der Waals surface area contributed by atoms with Crippen molar-refractivity contribution in [2.24, 2.45) is 0 Å². The highest BCUT2D eigenvalue weighted by Gasteiger charge is 2.18. The molecule has 0 saturated carbocycles. The lowest BCUT2D eigenvalue weighted by Crippen LogP contribution is -2.47. The van der Waals surface area contributed by atoms with Gasteiger partial charge in [0.25, 0.3) is 0 Å². The molecule has 1 aliphatic heterocycles. The zero-order valence-electron chi connectivity index (χ0n) is 9.34. The second kappa shape index (κ2) is 5.14. The summed E-state index contributed by atoms with van der Waals surface area (Å²) in [6.07, 6.45) is 1.71. The molecule has 2 rings (SSSR count). The Bertz CT molecular complexity index is 337. The number of aromatic nitrogens is 1. The summed E-state index contributed by atoms with van der Waals surface area (Å²) in [5, 5.41) is 8.86. The monoisotopic (exact) mass is 222 g/mol. The summed E-state index contributed by atoms with van der Waals surface area (Å²) >= 11 is 0. The predicted octanol–water partition coefficient (Wildman–Crippen LogP) is -0.222. The molecule has 5 nitrogen and oxygen atoms in total. The number of hydrogen-bond donors (Lipinski definition) is 2. The van der Waals surface area contributed by atoms with Gasteiger partial charge in [-0.2, -0.15) is 0 Å². The van der Waals surface area contributed by atoms with Gasteiger partial charge in [0, 0.05) is 38.9 Å². The summed E-state index contributed by atoms with van der Waals surface area (Å²) in [5.74, 6) is 0.595. The van der Waals surface area contributed by atoms with Gasteiger partial charge in [-0.15, -0.1) is 0 Å². The molecule has 1 aromatic heterocycles. The fourth-order valence-electron chi connectivity index (χ4n) is 2.03. The predicted molar refractivity (Wildman–Crippen MR) is 64.4 cm³/mol. The van der Waals surface area contributed by atoms with Gasteiger partial charge >= 0.3 is 0 Å². The van der Waals surface area contributed by atoms with Crippen LogP contribution in [0.4, 0.5) is 11.5 Å². The Morgan fingerprint density at radius 1 is 1.31 bits per heavy atom. The highest BCUT2D eigenvalue weighted by atomic mass is 16.3. The Kier molecular flexibility index (Phi) is 3.58. The highest BCUT2D eigenvalue weighted by Crippen LogP contribution is 2.21. The molecule has 0 spiro atoms. The summed E-state index contributed by atoms with van der Waals surface area (Å²) < 4.78 is 0. The first-order chi connectivity index (χ1) is 7.81. The Labute approximate surface area is 95.5 Å². The number of nitrogens with zero attached hydrogens (tertiary/aromatic N) is 3. The third-order valence-electron chi connectivity index (χ3n) is 2.95. The van der Waals surface area contributed by atoms with Crippen LogP contribution in [-0.4, -0.2) is 54.3 Å². The SMILES string of the molecule is Nc1ncccc1N1CCN(CCO)CC1. The van der Waals surface area contributed by atoms with Gasteiger partial charge < -0.3 is 15.7 Å². The van der Waals surface area contributed by atoms with Crippen LogP contribution < -0.4 is 10.6 Å². The number of hydrogen-bond acceptors (Lipinski definition) is 5. The van der Waals surface area contributed by atoms with Crippen LogP contribution in [0.15, 0.2) is 18.3 Å². The largest absolute Gasteiger partial charge is 0.395 e. The second-order valence-corrected chi connectivity index (χ2v) is 3.96. The van der Waals surface area contributed by atoms with Crippen LogP contribution in [0, 0.1) is 0 Å². The van der Waals surface area contributed by atoms with Crippen LogP contribution in [0.1, 0.15) is 0 Å². The molecule has 5 heteroatoms. The molecule has 1 fully saturated rings. The molecule has 2 heterocycles. The molecule has 1 aliphatic rings. The number of pyridine rings is 1. The van der Waals surface area contributed by atoms with E-state index in [0.717, 1.165) is 38.4 Å². The van der Waals surface area contributed by atoms with Crippen LogP contribution in [0.2, 0.25) is 0 Å². The van der Waals surface area contributed by atoms with E-state index in [9.17, 15) is 0 Å². The maximum absolute atomic E-state index is 8.86. The first-order valence-electron chi connectivity index (χ1n) is 5.60. The molecule has 0 aromatic carbocycles.